The van der Waals surface area contributed by atoms with Crippen molar-refractivity contribution in [1.29, 1.82) is 10.5 Å². The summed E-state index contributed by atoms with van der Waals surface area (Å²) in [7, 11) is 0. The SMILES string of the molecule is N#Cc1ccc(N2CCN(Cc3ccc(COc4cccc5c4CN([C@H]4CCC(=O)NC4O)C5=O)c(F)c3)CC2)c(C#N)c1. The van der Waals surface area contributed by atoms with Gasteiger partial charge in [-0.15, -0.1) is 0 Å². The lowest BCUT2D eigenvalue weighted by atomic mass is 10.0. The average molecular weight is 595 g/mol. The molecule has 0 radical (unpaired) electrons. The van der Waals surface area contributed by atoms with Crippen LogP contribution in [-0.2, 0) is 24.5 Å². The Morgan fingerprint density at radius 3 is 2.57 bits per heavy atom. The van der Waals surface area contributed by atoms with Crippen molar-refractivity contribution in [2.75, 3.05) is 31.1 Å². The van der Waals surface area contributed by atoms with Gasteiger partial charge >= 0.3 is 0 Å². The molecule has 3 aromatic rings. The number of piperidine rings is 1. The molecule has 2 atom stereocenters. The van der Waals surface area contributed by atoms with Gasteiger partial charge in [-0.05, 0) is 48.4 Å². The molecule has 2 saturated heterocycles. The Kier molecular flexibility index (Phi) is 8.16. The Labute approximate surface area is 254 Å². The number of carbonyl (C=O) groups excluding carboxylic acids is 2. The molecule has 0 bridgehead atoms. The number of anilines is 1. The van der Waals surface area contributed by atoms with E-state index in [0.717, 1.165) is 24.3 Å². The van der Waals surface area contributed by atoms with Crippen LogP contribution in [0.25, 0.3) is 0 Å². The first-order chi connectivity index (χ1) is 21.3. The Bertz CT molecular complexity index is 1690. The zero-order valence-corrected chi connectivity index (χ0v) is 24.0. The van der Waals surface area contributed by atoms with E-state index in [1.807, 2.05) is 12.1 Å². The highest BCUT2D eigenvalue weighted by Gasteiger charge is 2.40. The fraction of sp³-hybridized carbons (Fsp3) is 0.333. The number of carbonyl (C=O) groups is 2. The van der Waals surface area contributed by atoms with Gasteiger partial charge in [-0.1, -0.05) is 18.2 Å². The highest BCUT2D eigenvalue weighted by molar-refractivity contribution is 5.99. The minimum Gasteiger partial charge on any atom is -0.488 e. The molecular formula is C33H31FN6O4. The van der Waals surface area contributed by atoms with E-state index in [2.05, 4.69) is 27.3 Å². The van der Waals surface area contributed by atoms with Crippen LogP contribution in [-0.4, -0.2) is 65.2 Å². The van der Waals surface area contributed by atoms with E-state index in [9.17, 15) is 20.0 Å². The summed E-state index contributed by atoms with van der Waals surface area (Å²) < 4.78 is 21.2. The highest BCUT2D eigenvalue weighted by Crippen LogP contribution is 2.34. The molecule has 0 spiro atoms. The zero-order valence-electron chi connectivity index (χ0n) is 24.0. The van der Waals surface area contributed by atoms with Crippen molar-refractivity contribution in [3.8, 4) is 17.9 Å². The van der Waals surface area contributed by atoms with Crippen LogP contribution in [0, 0.1) is 28.5 Å². The quantitative estimate of drug-likeness (QED) is 0.427. The summed E-state index contributed by atoms with van der Waals surface area (Å²) in [6.07, 6.45) is -0.525. The lowest BCUT2D eigenvalue weighted by molar-refractivity contribution is -0.129. The van der Waals surface area contributed by atoms with Crippen molar-refractivity contribution >= 4 is 17.5 Å². The van der Waals surface area contributed by atoms with Crippen molar-refractivity contribution in [2.24, 2.45) is 0 Å². The van der Waals surface area contributed by atoms with Crippen LogP contribution in [0.5, 0.6) is 5.75 Å². The Morgan fingerprint density at radius 1 is 1.02 bits per heavy atom. The second kappa shape index (κ2) is 12.3. The predicted molar refractivity (Wildman–Crippen MR) is 158 cm³/mol. The molecule has 3 aliphatic rings. The van der Waals surface area contributed by atoms with Crippen LogP contribution >= 0.6 is 0 Å². The molecule has 0 saturated carbocycles. The van der Waals surface area contributed by atoms with E-state index >= 15 is 4.39 Å². The van der Waals surface area contributed by atoms with Crippen LogP contribution < -0.4 is 15.0 Å². The Hall–Kier alpha value is -4.97. The predicted octanol–water partition coefficient (Wildman–Crippen LogP) is 3.02. The molecule has 2 fully saturated rings. The molecule has 3 aromatic carbocycles. The summed E-state index contributed by atoms with van der Waals surface area (Å²) in [4.78, 5) is 30.6. The fourth-order valence-electron chi connectivity index (χ4n) is 6.16. The van der Waals surface area contributed by atoms with Gasteiger partial charge in [0.05, 0.1) is 35.5 Å². The van der Waals surface area contributed by atoms with Crippen LogP contribution in [0.2, 0.25) is 0 Å². The van der Waals surface area contributed by atoms with Gasteiger partial charge in [-0.3, -0.25) is 14.5 Å². The maximum Gasteiger partial charge on any atom is 0.255 e. The molecular weight excluding hydrogens is 563 g/mol. The molecule has 0 aliphatic carbocycles. The first-order valence-corrected chi connectivity index (χ1v) is 14.6. The molecule has 224 valence electrons. The highest BCUT2D eigenvalue weighted by atomic mass is 19.1. The Morgan fingerprint density at radius 2 is 1.84 bits per heavy atom. The largest absolute Gasteiger partial charge is 0.488 e. The molecule has 2 amide bonds. The van der Waals surface area contributed by atoms with Gasteiger partial charge in [-0.25, -0.2) is 4.39 Å². The van der Waals surface area contributed by atoms with E-state index < -0.39 is 12.3 Å². The van der Waals surface area contributed by atoms with Gasteiger partial charge in [0.2, 0.25) is 5.91 Å². The summed E-state index contributed by atoms with van der Waals surface area (Å²) in [6.45, 7) is 3.73. The second-order valence-corrected chi connectivity index (χ2v) is 11.3. The number of nitriles is 2. The smallest absolute Gasteiger partial charge is 0.255 e. The van der Waals surface area contributed by atoms with E-state index in [4.69, 9.17) is 10.00 Å². The fourth-order valence-corrected chi connectivity index (χ4v) is 6.16. The standard InChI is InChI=1S/C33H31FN6O4/c34-27-15-22(18-38-10-12-39(13-11-38)28-7-5-21(16-35)14-24(28)17-36)4-6-23(27)20-44-30-3-1-2-25-26(30)19-40(33(25)43)29-8-9-31(41)37-32(29)42/h1-7,14-15,29,32,42H,8-13,18-20H2,(H,37,41)/t29-,32?/m0/s1. The number of piperazine rings is 1. The van der Waals surface area contributed by atoms with E-state index in [1.165, 1.54) is 6.07 Å². The lowest BCUT2D eigenvalue weighted by Gasteiger charge is -2.36. The molecule has 3 aliphatic heterocycles. The van der Waals surface area contributed by atoms with Gasteiger partial charge in [-0.2, -0.15) is 10.5 Å². The number of aliphatic hydroxyl groups is 1. The van der Waals surface area contributed by atoms with Gasteiger partial charge in [0, 0.05) is 55.8 Å². The van der Waals surface area contributed by atoms with Crippen LogP contribution in [0.3, 0.4) is 0 Å². The van der Waals surface area contributed by atoms with Gasteiger partial charge in [0.15, 0.2) is 0 Å². The van der Waals surface area contributed by atoms with E-state index in [1.54, 1.807) is 41.3 Å². The number of ether oxygens (including phenoxy) is 1. The number of benzene rings is 3. The van der Waals surface area contributed by atoms with Crippen LogP contribution in [0.4, 0.5) is 10.1 Å². The van der Waals surface area contributed by atoms with Crippen molar-refractivity contribution < 1.29 is 23.8 Å². The normalized spacial score (nSPS) is 20.1. The second-order valence-electron chi connectivity index (χ2n) is 11.3. The molecule has 0 aromatic heterocycles. The van der Waals surface area contributed by atoms with Crippen molar-refractivity contribution in [3.05, 3.63) is 93.8 Å². The average Bonchev–Trinajstić information content (AvgIpc) is 3.37. The maximum absolute atomic E-state index is 15.2. The minimum absolute atomic E-state index is 0.0106. The lowest BCUT2D eigenvalue weighted by Crippen LogP contribution is -2.55. The number of rotatable bonds is 7. The number of fused-ring (bicyclic) bond motifs is 1. The van der Waals surface area contributed by atoms with Gasteiger partial charge < -0.3 is 25.0 Å². The molecule has 6 rings (SSSR count). The van der Waals surface area contributed by atoms with Crippen LogP contribution in [0.15, 0.2) is 54.6 Å². The van der Waals surface area contributed by atoms with Crippen molar-refractivity contribution in [1.82, 2.24) is 15.1 Å². The first kappa shape index (κ1) is 29.1. The zero-order chi connectivity index (χ0) is 30.8. The third-order valence-corrected chi connectivity index (χ3v) is 8.56. The van der Waals surface area contributed by atoms with Gasteiger partial charge in [0.25, 0.3) is 5.91 Å². The number of aliphatic hydroxyl groups excluding tert-OH is 1. The molecule has 3 heterocycles. The molecule has 44 heavy (non-hydrogen) atoms. The summed E-state index contributed by atoms with van der Waals surface area (Å²) in [6, 6.07) is 19.2. The Balaban J connectivity index is 1.05. The molecule has 11 heteroatoms. The summed E-state index contributed by atoms with van der Waals surface area (Å²) in [5, 5.41) is 31.5. The van der Waals surface area contributed by atoms with Crippen LogP contribution in [0.1, 0.15) is 51.0 Å². The number of nitrogens with zero attached hydrogens (tertiary/aromatic N) is 5. The van der Waals surface area contributed by atoms with Crippen molar-refractivity contribution in [2.45, 2.75) is 44.8 Å². The number of hydrogen-bond acceptors (Lipinski definition) is 8. The molecule has 1 unspecified atom stereocenters. The summed E-state index contributed by atoms with van der Waals surface area (Å²) >= 11 is 0. The summed E-state index contributed by atoms with van der Waals surface area (Å²) in [5.74, 6) is -0.364. The first-order valence-electron chi connectivity index (χ1n) is 14.6. The minimum atomic E-state index is -1.13. The number of hydrogen-bond donors (Lipinski definition) is 2. The number of amides is 2. The summed E-state index contributed by atoms with van der Waals surface area (Å²) in [5.41, 5.74) is 4.17. The maximum atomic E-state index is 15.2. The monoisotopic (exact) mass is 594 g/mol. The third kappa shape index (κ3) is 5.80. The van der Waals surface area contributed by atoms with Crippen molar-refractivity contribution in [3.63, 3.8) is 0 Å². The number of nitrogens with one attached hydrogen (secondary N) is 1. The number of halogens is 1. The molecule has 10 nitrogen and oxygen atoms in total. The third-order valence-electron chi connectivity index (χ3n) is 8.56. The van der Waals surface area contributed by atoms with Gasteiger partial charge in [0.1, 0.15) is 30.5 Å². The topological polar surface area (TPSA) is 133 Å². The van der Waals surface area contributed by atoms with E-state index in [0.29, 0.717) is 59.6 Å². The molecule has 2 N–H and O–H groups in total. The van der Waals surface area contributed by atoms with E-state index in [-0.39, 0.29) is 37.2 Å².